The van der Waals surface area contributed by atoms with Gasteiger partial charge in [-0.1, -0.05) is 47.0 Å². The molecule has 12 heavy (non-hydrogen) atoms. The molecule has 0 bridgehead atoms. The Balaban J connectivity index is 2.45. The summed E-state index contributed by atoms with van der Waals surface area (Å²) in [7, 11) is 0. The van der Waals surface area contributed by atoms with Crippen LogP contribution in [-0.2, 0) is 0 Å². The first kappa shape index (κ1) is 10.1. The quantitative estimate of drug-likeness (QED) is 0.595. The molecular formula is C12H24. The van der Waals surface area contributed by atoms with E-state index in [0.717, 1.165) is 23.7 Å². The summed E-state index contributed by atoms with van der Waals surface area (Å²) in [6.07, 6.45) is 5.80. The van der Waals surface area contributed by atoms with Crippen molar-refractivity contribution < 1.29 is 0 Å². The molecule has 1 fully saturated rings. The van der Waals surface area contributed by atoms with E-state index in [0.29, 0.717) is 0 Å². The molecule has 0 heteroatoms. The summed E-state index contributed by atoms with van der Waals surface area (Å²) in [5.41, 5.74) is 0. The summed E-state index contributed by atoms with van der Waals surface area (Å²) in [6, 6.07) is 0. The molecule has 0 N–H and O–H groups in total. The van der Waals surface area contributed by atoms with E-state index in [-0.39, 0.29) is 0 Å². The molecule has 1 aliphatic carbocycles. The van der Waals surface area contributed by atoms with Crippen LogP contribution in [0.4, 0.5) is 0 Å². The average molecular weight is 168 g/mol. The lowest BCUT2D eigenvalue weighted by molar-refractivity contribution is 0.217. The Labute approximate surface area is 77.7 Å². The van der Waals surface area contributed by atoms with Crippen LogP contribution in [0.5, 0.6) is 0 Å². The zero-order chi connectivity index (χ0) is 9.14. The van der Waals surface area contributed by atoms with Gasteiger partial charge in [0.15, 0.2) is 0 Å². The maximum atomic E-state index is 2.46. The molecule has 72 valence electrons. The largest absolute Gasteiger partial charge is 0.0651 e. The van der Waals surface area contributed by atoms with Gasteiger partial charge in [-0.15, -0.1) is 0 Å². The van der Waals surface area contributed by atoms with Crippen LogP contribution < -0.4 is 0 Å². The summed E-state index contributed by atoms with van der Waals surface area (Å²) in [4.78, 5) is 0. The van der Waals surface area contributed by atoms with Crippen LogP contribution in [0.3, 0.4) is 0 Å². The number of rotatable bonds is 3. The highest BCUT2D eigenvalue weighted by molar-refractivity contribution is 4.80. The van der Waals surface area contributed by atoms with Gasteiger partial charge in [-0.3, -0.25) is 0 Å². The third kappa shape index (κ3) is 2.02. The van der Waals surface area contributed by atoms with E-state index in [4.69, 9.17) is 0 Å². The fraction of sp³-hybridized carbons (Fsp3) is 1.00. The first-order valence-electron chi connectivity index (χ1n) is 5.66. The van der Waals surface area contributed by atoms with Crippen molar-refractivity contribution in [2.75, 3.05) is 0 Å². The van der Waals surface area contributed by atoms with Crippen molar-refractivity contribution >= 4 is 0 Å². The van der Waals surface area contributed by atoms with Gasteiger partial charge >= 0.3 is 0 Å². The van der Waals surface area contributed by atoms with Gasteiger partial charge in [0.1, 0.15) is 0 Å². The van der Waals surface area contributed by atoms with Crippen molar-refractivity contribution in [2.45, 2.75) is 53.4 Å². The minimum absolute atomic E-state index is 0.926. The van der Waals surface area contributed by atoms with Crippen molar-refractivity contribution in [1.82, 2.24) is 0 Å². The van der Waals surface area contributed by atoms with Gasteiger partial charge in [0.2, 0.25) is 0 Å². The molecular weight excluding hydrogens is 144 g/mol. The Kier molecular flexibility index (Phi) is 3.61. The maximum absolute atomic E-state index is 2.46. The van der Waals surface area contributed by atoms with Crippen LogP contribution in [0, 0.1) is 23.7 Å². The second-order valence-corrected chi connectivity index (χ2v) is 4.82. The van der Waals surface area contributed by atoms with Gasteiger partial charge < -0.3 is 0 Å². The zero-order valence-corrected chi connectivity index (χ0v) is 9.14. The molecule has 4 atom stereocenters. The van der Waals surface area contributed by atoms with E-state index in [1.54, 1.807) is 0 Å². The van der Waals surface area contributed by atoms with Gasteiger partial charge in [-0.25, -0.2) is 0 Å². The van der Waals surface area contributed by atoms with Gasteiger partial charge in [-0.2, -0.15) is 0 Å². The summed E-state index contributed by atoms with van der Waals surface area (Å²) < 4.78 is 0. The van der Waals surface area contributed by atoms with E-state index < -0.39 is 0 Å². The topological polar surface area (TPSA) is 0 Å². The lowest BCUT2D eigenvalue weighted by Crippen LogP contribution is -2.20. The van der Waals surface area contributed by atoms with Crippen molar-refractivity contribution in [1.29, 1.82) is 0 Å². The molecule has 1 saturated carbocycles. The van der Waals surface area contributed by atoms with Crippen LogP contribution in [0.25, 0.3) is 0 Å². The van der Waals surface area contributed by atoms with E-state index >= 15 is 0 Å². The summed E-state index contributed by atoms with van der Waals surface area (Å²) >= 11 is 0. The number of hydrogen-bond donors (Lipinski definition) is 0. The highest BCUT2D eigenvalue weighted by Crippen LogP contribution is 2.39. The van der Waals surface area contributed by atoms with Crippen LogP contribution in [0.15, 0.2) is 0 Å². The highest BCUT2D eigenvalue weighted by Gasteiger charge is 2.30. The lowest BCUT2D eigenvalue weighted by atomic mass is 9.78. The molecule has 0 nitrogen and oxygen atoms in total. The van der Waals surface area contributed by atoms with Crippen molar-refractivity contribution in [3.05, 3.63) is 0 Å². The maximum Gasteiger partial charge on any atom is -0.0360 e. The minimum atomic E-state index is 0.926. The molecule has 1 aliphatic rings. The standard InChI is InChI=1S/C12H24/c1-5-9(2)11(4)12-8-6-7-10(12)3/h9-12H,5-8H2,1-4H3/t9?,10?,11-,12?/m0/s1. The van der Waals surface area contributed by atoms with E-state index in [1.165, 1.54) is 25.7 Å². The van der Waals surface area contributed by atoms with Crippen LogP contribution in [0.2, 0.25) is 0 Å². The second-order valence-electron chi connectivity index (χ2n) is 4.82. The highest BCUT2D eigenvalue weighted by atomic mass is 14.4. The third-order valence-electron chi connectivity index (χ3n) is 4.14. The van der Waals surface area contributed by atoms with E-state index in [1.807, 2.05) is 0 Å². The predicted molar refractivity (Wildman–Crippen MR) is 55.1 cm³/mol. The normalized spacial score (nSPS) is 35.0. The van der Waals surface area contributed by atoms with Gasteiger partial charge in [0, 0.05) is 0 Å². The molecule has 0 radical (unpaired) electrons. The van der Waals surface area contributed by atoms with Crippen molar-refractivity contribution in [2.24, 2.45) is 23.7 Å². The van der Waals surface area contributed by atoms with Gasteiger partial charge in [-0.05, 0) is 30.1 Å². The fourth-order valence-corrected chi connectivity index (χ4v) is 2.75. The molecule has 0 aromatic carbocycles. The SMILES string of the molecule is CCC(C)[C@H](C)C1CCCC1C. The predicted octanol–water partition coefficient (Wildman–Crippen LogP) is 4.10. The van der Waals surface area contributed by atoms with Gasteiger partial charge in [0.25, 0.3) is 0 Å². The molecule has 1 rings (SSSR count). The zero-order valence-electron chi connectivity index (χ0n) is 9.14. The molecule has 0 aromatic heterocycles. The van der Waals surface area contributed by atoms with Crippen molar-refractivity contribution in [3.63, 3.8) is 0 Å². The minimum Gasteiger partial charge on any atom is -0.0651 e. The monoisotopic (exact) mass is 168 g/mol. The van der Waals surface area contributed by atoms with Gasteiger partial charge in [0.05, 0.1) is 0 Å². The van der Waals surface area contributed by atoms with E-state index in [2.05, 4.69) is 27.7 Å². The molecule has 0 heterocycles. The molecule has 0 aliphatic heterocycles. The smallest absolute Gasteiger partial charge is 0.0360 e. The first-order chi connectivity index (χ1) is 5.66. The van der Waals surface area contributed by atoms with Crippen molar-refractivity contribution in [3.8, 4) is 0 Å². The molecule has 0 aromatic rings. The summed E-state index contributed by atoms with van der Waals surface area (Å²) in [5.74, 6) is 3.90. The second kappa shape index (κ2) is 4.30. The fourth-order valence-electron chi connectivity index (χ4n) is 2.75. The molecule has 0 spiro atoms. The number of hydrogen-bond acceptors (Lipinski definition) is 0. The molecule has 0 amide bonds. The lowest BCUT2D eigenvalue weighted by Gasteiger charge is -2.28. The first-order valence-corrected chi connectivity index (χ1v) is 5.66. The van der Waals surface area contributed by atoms with Crippen LogP contribution in [-0.4, -0.2) is 0 Å². The Morgan fingerprint density at radius 2 is 1.92 bits per heavy atom. The summed E-state index contributed by atoms with van der Waals surface area (Å²) in [5, 5.41) is 0. The Morgan fingerprint density at radius 3 is 2.33 bits per heavy atom. The van der Waals surface area contributed by atoms with E-state index in [9.17, 15) is 0 Å². The molecule has 0 saturated heterocycles. The molecule has 3 unspecified atom stereocenters. The Morgan fingerprint density at radius 1 is 1.25 bits per heavy atom. The van der Waals surface area contributed by atoms with Crippen LogP contribution in [0.1, 0.15) is 53.4 Å². The Bertz CT molecular complexity index is 128. The third-order valence-corrected chi connectivity index (χ3v) is 4.14. The summed E-state index contributed by atoms with van der Waals surface area (Å²) in [6.45, 7) is 9.63. The average Bonchev–Trinajstić information content (AvgIpc) is 2.48. The Hall–Kier alpha value is 0. The van der Waals surface area contributed by atoms with Crippen LogP contribution >= 0.6 is 0 Å².